The quantitative estimate of drug-likeness (QED) is 0.830. The van der Waals surface area contributed by atoms with Gasteiger partial charge in [0.25, 0.3) is 0 Å². The number of aliphatic hydroxyl groups excluding tert-OH is 1. The molecule has 0 amide bonds. The average molecular weight is 231 g/mol. The molecule has 2 N–H and O–H groups in total. The van der Waals surface area contributed by atoms with E-state index in [4.69, 9.17) is 4.42 Å². The van der Waals surface area contributed by atoms with Gasteiger partial charge in [0.1, 0.15) is 5.58 Å². The largest absolute Gasteiger partial charge is 0.464 e. The van der Waals surface area contributed by atoms with Crippen molar-refractivity contribution in [3.05, 3.63) is 36.1 Å². The maximum Gasteiger partial charge on any atom is 0.134 e. The van der Waals surface area contributed by atoms with Gasteiger partial charge in [0.05, 0.1) is 6.26 Å². The fourth-order valence-electron chi connectivity index (χ4n) is 2.20. The molecule has 0 spiro atoms. The molecule has 1 aliphatic rings. The Hall–Kier alpha value is -1.32. The molecular formula is C14H17NO2. The Balaban J connectivity index is 1.65. The van der Waals surface area contributed by atoms with Crippen LogP contribution in [0, 0.1) is 5.41 Å². The van der Waals surface area contributed by atoms with Crippen molar-refractivity contribution >= 4 is 11.0 Å². The molecule has 1 aliphatic carbocycles. The first-order valence-corrected chi connectivity index (χ1v) is 6.10. The summed E-state index contributed by atoms with van der Waals surface area (Å²) in [7, 11) is 0. The van der Waals surface area contributed by atoms with E-state index in [1.54, 1.807) is 0 Å². The van der Waals surface area contributed by atoms with Crippen LogP contribution in [-0.2, 0) is 6.54 Å². The van der Waals surface area contributed by atoms with Gasteiger partial charge >= 0.3 is 0 Å². The zero-order valence-electron chi connectivity index (χ0n) is 9.78. The minimum Gasteiger partial charge on any atom is -0.464 e. The topological polar surface area (TPSA) is 45.4 Å². The van der Waals surface area contributed by atoms with E-state index < -0.39 is 0 Å². The molecule has 17 heavy (non-hydrogen) atoms. The van der Waals surface area contributed by atoms with Crippen molar-refractivity contribution in [1.82, 2.24) is 5.32 Å². The van der Waals surface area contributed by atoms with Gasteiger partial charge in [-0.3, -0.25) is 0 Å². The van der Waals surface area contributed by atoms with Crippen molar-refractivity contribution in [3.63, 3.8) is 0 Å². The highest BCUT2D eigenvalue weighted by Crippen LogP contribution is 2.44. The SMILES string of the molecule is OCC1(CNCc2coc3ccccc23)CC1. The van der Waals surface area contributed by atoms with Gasteiger partial charge in [0, 0.05) is 36.1 Å². The lowest BCUT2D eigenvalue weighted by Gasteiger charge is -2.11. The molecule has 1 aromatic heterocycles. The highest BCUT2D eigenvalue weighted by atomic mass is 16.3. The maximum atomic E-state index is 9.23. The summed E-state index contributed by atoms with van der Waals surface area (Å²) < 4.78 is 5.48. The van der Waals surface area contributed by atoms with Crippen molar-refractivity contribution < 1.29 is 9.52 Å². The van der Waals surface area contributed by atoms with E-state index in [0.717, 1.165) is 31.5 Å². The fraction of sp³-hybridized carbons (Fsp3) is 0.429. The minimum atomic E-state index is 0.166. The second-order valence-corrected chi connectivity index (χ2v) is 5.02. The van der Waals surface area contributed by atoms with Gasteiger partial charge < -0.3 is 14.8 Å². The molecule has 0 saturated heterocycles. The van der Waals surface area contributed by atoms with Crippen LogP contribution >= 0.6 is 0 Å². The third kappa shape index (κ3) is 2.08. The molecular weight excluding hydrogens is 214 g/mol. The van der Waals surface area contributed by atoms with Crippen molar-refractivity contribution in [2.24, 2.45) is 5.41 Å². The molecule has 0 atom stereocenters. The molecule has 0 radical (unpaired) electrons. The number of para-hydroxylation sites is 1. The van der Waals surface area contributed by atoms with Crippen molar-refractivity contribution in [3.8, 4) is 0 Å². The van der Waals surface area contributed by atoms with E-state index >= 15 is 0 Å². The smallest absolute Gasteiger partial charge is 0.134 e. The first-order chi connectivity index (χ1) is 8.33. The lowest BCUT2D eigenvalue weighted by Crippen LogP contribution is -2.25. The first kappa shape index (κ1) is 10.8. The van der Waals surface area contributed by atoms with Gasteiger partial charge in [-0.2, -0.15) is 0 Å². The monoisotopic (exact) mass is 231 g/mol. The summed E-state index contributed by atoms with van der Waals surface area (Å²) in [6.45, 7) is 1.99. The lowest BCUT2D eigenvalue weighted by atomic mass is 10.1. The Labute approximate surface area is 100 Å². The highest BCUT2D eigenvalue weighted by molar-refractivity contribution is 5.80. The van der Waals surface area contributed by atoms with Crippen LogP contribution in [-0.4, -0.2) is 18.3 Å². The summed E-state index contributed by atoms with van der Waals surface area (Å²) in [5.74, 6) is 0. The van der Waals surface area contributed by atoms with Gasteiger partial charge in [-0.1, -0.05) is 18.2 Å². The van der Waals surface area contributed by atoms with Crippen LogP contribution in [0.25, 0.3) is 11.0 Å². The summed E-state index contributed by atoms with van der Waals surface area (Å²) >= 11 is 0. The van der Waals surface area contributed by atoms with Crippen molar-refractivity contribution in [2.75, 3.05) is 13.2 Å². The van der Waals surface area contributed by atoms with Gasteiger partial charge in [0.15, 0.2) is 0 Å². The number of fused-ring (bicyclic) bond motifs is 1. The number of aliphatic hydroxyl groups is 1. The number of rotatable bonds is 5. The minimum absolute atomic E-state index is 0.166. The van der Waals surface area contributed by atoms with E-state index in [2.05, 4.69) is 11.4 Å². The molecule has 0 bridgehead atoms. The lowest BCUT2D eigenvalue weighted by molar-refractivity contribution is 0.207. The van der Waals surface area contributed by atoms with Gasteiger partial charge in [-0.15, -0.1) is 0 Å². The number of furan rings is 1. The van der Waals surface area contributed by atoms with E-state index in [1.807, 2.05) is 24.5 Å². The van der Waals surface area contributed by atoms with E-state index in [1.165, 1.54) is 10.9 Å². The zero-order chi connectivity index (χ0) is 11.7. The van der Waals surface area contributed by atoms with Crippen LogP contribution in [0.4, 0.5) is 0 Å². The highest BCUT2D eigenvalue weighted by Gasteiger charge is 2.41. The average Bonchev–Trinajstić information content (AvgIpc) is 3.04. The van der Waals surface area contributed by atoms with Crippen LogP contribution < -0.4 is 5.32 Å². The predicted molar refractivity (Wildman–Crippen MR) is 66.7 cm³/mol. The van der Waals surface area contributed by atoms with Crippen LogP contribution in [0.5, 0.6) is 0 Å². The number of nitrogens with one attached hydrogen (secondary N) is 1. The third-order valence-electron chi connectivity index (χ3n) is 3.67. The molecule has 3 heteroatoms. The van der Waals surface area contributed by atoms with E-state index in [0.29, 0.717) is 6.61 Å². The normalized spacial score (nSPS) is 17.5. The summed E-state index contributed by atoms with van der Waals surface area (Å²) in [6.07, 6.45) is 4.10. The standard InChI is InChI=1S/C14H17NO2/c16-10-14(5-6-14)9-15-7-11-8-17-13-4-2-1-3-12(11)13/h1-4,8,15-16H,5-7,9-10H2. The Morgan fingerprint density at radius 1 is 1.29 bits per heavy atom. The molecule has 1 saturated carbocycles. The van der Waals surface area contributed by atoms with Crippen LogP contribution in [0.15, 0.2) is 34.9 Å². The Bertz CT molecular complexity index is 514. The van der Waals surface area contributed by atoms with Crippen molar-refractivity contribution in [2.45, 2.75) is 19.4 Å². The molecule has 2 aromatic rings. The Morgan fingerprint density at radius 2 is 2.12 bits per heavy atom. The van der Waals surface area contributed by atoms with Gasteiger partial charge in [-0.05, 0) is 18.9 Å². The second kappa shape index (κ2) is 4.17. The molecule has 1 aromatic carbocycles. The maximum absolute atomic E-state index is 9.23. The fourth-order valence-corrected chi connectivity index (χ4v) is 2.20. The summed E-state index contributed by atoms with van der Waals surface area (Å²) in [6, 6.07) is 8.06. The molecule has 90 valence electrons. The van der Waals surface area contributed by atoms with E-state index in [9.17, 15) is 5.11 Å². The second-order valence-electron chi connectivity index (χ2n) is 5.02. The van der Waals surface area contributed by atoms with Crippen LogP contribution in [0.1, 0.15) is 18.4 Å². The van der Waals surface area contributed by atoms with Gasteiger partial charge in [-0.25, -0.2) is 0 Å². The summed E-state index contributed by atoms with van der Waals surface area (Å²) in [5.41, 5.74) is 2.29. The van der Waals surface area contributed by atoms with Gasteiger partial charge in [0.2, 0.25) is 0 Å². The number of benzene rings is 1. The molecule has 3 rings (SSSR count). The first-order valence-electron chi connectivity index (χ1n) is 6.10. The van der Waals surface area contributed by atoms with E-state index in [-0.39, 0.29) is 5.41 Å². The van der Waals surface area contributed by atoms with Crippen LogP contribution in [0.2, 0.25) is 0 Å². The third-order valence-corrected chi connectivity index (χ3v) is 3.67. The van der Waals surface area contributed by atoms with Crippen LogP contribution in [0.3, 0.4) is 0 Å². The Morgan fingerprint density at radius 3 is 2.88 bits per heavy atom. The molecule has 0 unspecified atom stereocenters. The molecule has 0 aliphatic heterocycles. The molecule has 3 nitrogen and oxygen atoms in total. The summed E-state index contributed by atoms with van der Waals surface area (Å²) in [4.78, 5) is 0. The molecule has 1 fully saturated rings. The molecule has 1 heterocycles. The number of hydrogen-bond acceptors (Lipinski definition) is 3. The zero-order valence-corrected chi connectivity index (χ0v) is 9.78. The Kier molecular flexibility index (Phi) is 2.65. The summed E-state index contributed by atoms with van der Waals surface area (Å²) in [5, 5.41) is 13.8. The number of hydrogen-bond donors (Lipinski definition) is 2. The predicted octanol–water partition coefficient (Wildman–Crippen LogP) is 2.29. The van der Waals surface area contributed by atoms with Crippen molar-refractivity contribution in [1.29, 1.82) is 0 Å².